The van der Waals surface area contributed by atoms with Crippen molar-refractivity contribution in [3.05, 3.63) is 35.9 Å². The number of unbranched alkanes of at least 4 members (excludes halogenated alkanes) is 2. The van der Waals surface area contributed by atoms with Gasteiger partial charge in [0, 0.05) is 13.0 Å². The van der Waals surface area contributed by atoms with Crippen molar-refractivity contribution in [2.45, 2.75) is 52.7 Å². The largest absolute Gasteiger partial charge is 0.493 e. The Morgan fingerprint density at radius 1 is 1.24 bits per heavy atom. The molecule has 0 fully saturated rings. The van der Waals surface area contributed by atoms with Gasteiger partial charge in [-0.25, -0.2) is 0 Å². The number of carbonyl (C=O) groups excluding carboxylic acids is 1. The van der Waals surface area contributed by atoms with Crippen LogP contribution in [0.4, 0.5) is 8.78 Å². The van der Waals surface area contributed by atoms with Gasteiger partial charge in [-0.2, -0.15) is 8.78 Å². The number of allylic oxidation sites excluding steroid dienone is 2. The second-order valence-electron chi connectivity index (χ2n) is 6.06. The first-order chi connectivity index (χ1) is 11.9. The maximum atomic E-state index is 12.3. The smallest absolute Gasteiger partial charge is 0.387 e. The van der Waals surface area contributed by atoms with Gasteiger partial charge in [0.15, 0.2) is 11.5 Å². The lowest BCUT2D eigenvalue weighted by Crippen LogP contribution is -2.22. The van der Waals surface area contributed by atoms with Crippen molar-refractivity contribution in [2.24, 2.45) is 5.92 Å². The van der Waals surface area contributed by atoms with E-state index in [1.165, 1.54) is 13.2 Å². The highest BCUT2D eigenvalue weighted by Gasteiger charge is 2.11. The molecule has 0 aliphatic heterocycles. The van der Waals surface area contributed by atoms with Crippen molar-refractivity contribution in [1.29, 1.82) is 0 Å². The van der Waals surface area contributed by atoms with Crippen LogP contribution in [0.25, 0.3) is 0 Å². The van der Waals surface area contributed by atoms with Crippen LogP contribution in [0.15, 0.2) is 30.4 Å². The number of ether oxygens (including phenoxy) is 2. The van der Waals surface area contributed by atoms with Gasteiger partial charge in [0.05, 0.1) is 7.11 Å². The highest BCUT2D eigenvalue weighted by atomic mass is 19.3. The maximum absolute atomic E-state index is 12.3. The molecule has 1 aromatic carbocycles. The van der Waals surface area contributed by atoms with Crippen LogP contribution in [-0.4, -0.2) is 19.6 Å². The van der Waals surface area contributed by atoms with Crippen LogP contribution in [0.3, 0.4) is 0 Å². The molecule has 1 amide bonds. The van der Waals surface area contributed by atoms with E-state index in [9.17, 15) is 13.6 Å². The molecule has 0 saturated carbocycles. The van der Waals surface area contributed by atoms with Gasteiger partial charge in [-0.05, 0) is 42.9 Å². The molecule has 0 bridgehead atoms. The summed E-state index contributed by atoms with van der Waals surface area (Å²) in [4.78, 5) is 11.8. The summed E-state index contributed by atoms with van der Waals surface area (Å²) in [6.45, 7) is 1.67. The number of nitrogens with one attached hydrogen (secondary N) is 1. The summed E-state index contributed by atoms with van der Waals surface area (Å²) in [5.41, 5.74) is 0.756. The number of amides is 1. The molecule has 0 heterocycles. The lowest BCUT2D eigenvalue weighted by atomic mass is 10.1. The van der Waals surface area contributed by atoms with Gasteiger partial charge in [-0.3, -0.25) is 4.79 Å². The number of halogens is 2. The Bertz CT molecular complexity index is 560. The molecule has 1 N–H and O–H groups in total. The van der Waals surface area contributed by atoms with E-state index in [4.69, 9.17) is 4.74 Å². The fourth-order valence-electron chi connectivity index (χ4n) is 2.22. The summed E-state index contributed by atoms with van der Waals surface area (Å²) in [6, 6.07) is 4.61. The van der Waals surface area contributed by atoms with Gasteiger partial charge in [0.1, 0.15) is 0 Å². The molecule has 1 rings (SSSR count). The number of hydrogen-bond acceptors (Lipinski definition) is 3. The second kappa shape index (κ2) is 11.4. The van der Waals surface area contributed by atoms with Crippen molar-refractivity contribution in [1.82, 2.24) is 5.32 Å². The molecule has 0 aliphatic carbocycles. The summed E-state index contributed by atoms with van der Waals surface area (Å²) in [5.74, 6) is 0.712. The number of methoxy groups -OCH3 is 1. The molecule has 0 unspecified atom stereocenters. The molecule has 0 aliphatic rings. The summed E-state index contributed by atoms with van der Waals surface area (Å²) < 4.78 is 34.0. The Morgan fingerprint density at radius 2 is 2.00 bits per heavy atom. The number of rotatable bonds is 11. The van der Waals surface area contributed by atoms with Crippen LogP contribution in [0.2, 0.25) is 0 Å². The molecular formula is C19H27F2NO3. The Kier molecular flexibility index (Phi) is 9.58. The average molecular weight is 355 g/mol. The van der Waals surface area contributed by atoms with Gasteiger partial charge < -0.3 is 14.8 Å². The van der Waals surface area contributed by atoms with E-state index in [1.54, 1.807) is 12.1 Å². The molecule has 0 spiro atoms. The van der Waals surface area contributed by atoms with Crippen LogP contribution >= 0.6 is 0 Å². The predicted octanol–water partition coefficient (Wildman–Crippen LogP) is 4.69. The second-order valence-corrected chi connectivity index (χ2v) is 6.06. The van der Waals surface area contributed by atoms with E-state index in [0.717, 1.165) is 24.8 Å². The SMILES string of the molecule is COc1cc(CNC(=O)CCCC/C=C/C(C)C)ccc1OC(F)F. The Morgan fingerprint density at radius 3 is 2.64 bits per heavy atom. The molecule has 0 atom stereocenters. The number of carbonyl (C=O) groups is 1. The van der Waals surface area contributed by atoms with Crippen LogP contribution in [0.1, 0.15) is 45.1 Å². The Hall–Kier alpha value is -2.11. The molecule has 140 valence electrons. The van der Waals surface area contributed by atoms with Gasteiger partial charge >= 0.3 is 6.61 Å². The first kappa shape index (κ1) is 20.9. The van der Waals surface area contributed by atoms with Gasteiger partial charge in [-0.15, -0.1) is 0 Å². The summed E-state index contributed by atoms with van der Waals surface area (Å²) in [6.07, 6.45) is 7.57. The lowest BCUT2D eigenvalue weighted by Gasteiger charge is -2.12. The van der Waals surface area contributed by atoms with Gasteiger partial charge in [0.25, 0.3) is 0 Å². The minimum atomic E-state index is -2.91. The molecular weight excluding hydrogens is 328 g/mol. The van der Waals surface area contributed by atoms with E-state index in [-0.39, 0.29) is 17.4 Å². The maximum Gasteiger partial charge on any atom is 0.387 e. The number of benzene rings is 1. The highest BCUT2D eigenvalue weighted by Crippen LogP contribution is 2.29. The third-order valence-electron chi connectivity index (χ3n) is 3.48. The van der Waals surface area contributed by atoms with Crippen molar-refractivity contribution < 1.29 is 23.0 Å². The first-order valence-corrected chi connectivity index (χ1v) is 8.47. The molecule has 0 aromatic heterocycles. The fraction of sp³-hybridized carbons (Fsp3) is 0.526. The first-order valence-electron chi connectivity index (χ1n) is 8.47. The van der Waals surface area contributed by atoms with Crippen molar-refractivity contribution in [3.8, 4) is 11.5 Å². The summed E-state index contributed by atoms with van der Waals surface area (Å²) in [7, 11) is 1.38. The lowest BCUT2D eigenvalue weighted by molar-refractivity contribution is -0.121. The van der Waals surface area contributed by atoms with Crippen LogP contribution in [0.5, 0.6) is 11.5 Å². The van der Waals surface area contributed by atoms with Crippen LogP contribution in [0, 0.1) is 5.92 Å². The van der Waals surface area contributed by atoms with E-state index in [2.05, 4.69) is 36.1 Å². The van der Waals surface area contributed by atoms with Crippen LogP contribution < -0.4 is 14.8 Å². The summed E-state index contributed by atoms with van der Waals surface area (Å²) >= 11 is 0. The van der Waals surface area contributed by atoms with Crippen LogP contribution in [-0.2, 0) is 11.3 Å². The standard InChI is InChI=1S/C19H27F2NO3/c1-14(2)8-6-4-5-7-9-18(23)22-13-15-10-11-16(25-19(20)21)17(12-15)24-3/h6,8,10-12,14,19H,4-5,7,9,13H2,1-3H3,(H,22,23)/b8-6+. The zero-order chi connectivity index (χ0) is 18.7. The van der Waals surface area contributed by atoms with E-state index >= 15 is 0 Å². The monoisotopic (exact) mass is 355 g/mol. The topological polar surface area (TPSA) is 47.6 Å². The fourth-order valence-corrected chi connectivity index (χ4v) is 2.22. The third kappa shape index (κ3) is 9.08. The minimum Gasteiger partial charge on any atom is -0.493 e. The van der Waals surface area contributed by atoms with E-state index in [1.807, 2.05) is 0 Å². The van der Waals surface area contributed by atoms with Crippen molar-refractivity contribution in [3.63, 3.8) is 0 Å². The molecule has 0 saturated heterocycles. The minimum absolute atomic E-state index is 0.0259. The highest BCUT2D eigenvalue weighted by molar-refractivity contribution is 5.75. The predicted molar refractivity (Wildman–Crippen MR) is 93.9 cm³/mol. The molecule has 1 aromatic rings. The Balaban J connectivity index is 2.35. The molecule has 25 heavy (non-hydrogen) atoms. The van der Waals surface area contributed by atoms with Crippen molar-refractivity contribution >= 4 is 5.91 Å². The molecule has 4 nitrogen and oxygen atoms in total. The van der Waals surface area contributed by atoms with Gasteiger partial charge in [-0.1, -0.05) is 32.1 Å². The average Bonchev–Trinajstić information content (AvgIpc) is 2.56. The third-order valence-corrected chi connectivity index (χ3v) is 3.48. The van der Waals surface area contributed by atoms with E-state index in [0.29, 0.717) is 18.9 Å². The molecule has 6 heteroatoms. The number of alkyl halides is 2. The normalized spacial score (nSPS) is 11.3. The number of hydrogen-bond donors (Lipinski definition) is 1. The zero-order valence-electron chi connectivity index (χ0n) is 15.1. The van der Waals surface area contributed by atoms with Crippen molar-refractivity contribution in [2.75, 3.05) is 7.11 Å². The quantitative estimate of drug-likeness (QED) is 0.463. The zero-order valence-corrected chi connectivity index (χ0v) is 15.1. The Labute approximate surface area is 148 Å². The summed E-state index contributed by atoms with van der Waals surface area (Å²) in [5, 5.41) is 2.82. The van der Waals surface area contributed by atoms with E-state index < -0.39 is 6.61 Å². The van der Waals surface area contributed by atoms with Gasteiger partial charge in [0.2, 0.25) is 5.91 Å². The molecule has 0 radical (unpaired) electrons.